The second-order valence-corrected chi connectivity index (χ2v) is 4.70. The van der Waals surface area contributed by atoms with Crippen LogP contribution in [-0.4, -0.2) is 6.61 Å². The number of rotatable bonds is 4. The molecule has 1 aliphatic rings. The average molecular weight is 205 g/mol. The summed E-state index contributed by atoms with van der Waals surface area (Å²) in [7, 11) is 0. The van der Waals surface area contributed by atoms with Gasteiger partial charge in [-0.25, -0.2) is 0 Å². The van der Waals surface area contributed by atoms with E-state index in [4.69, 9.17) is 10.5 Å². The smallest absolute Gasteiger partial charge is 0.119 e. The van der Waals surface area contributed by atoms with Crippen molar-refractivity contribution in [3.8, 4) is 5.75 Å². The first-order valence-electron chi connectivity index (χ1n) is 5.69. The summed E-state index contributed by atoms with van der Waals surface area (Å²) in [6.45, 7) is 5.16. The van der Waals surface area contributed by atoms with E-state index in [-0.39, 0.29) is 0 Å². The zero-order valence-corrected chi connectivity index (χ0v) is 9.49. The summed E-state index contributed by atoms with van der Waals surface area (Å²) in [4.78, 5) is 0. The van der Waals surface area contributed by atoms with E-state index in [1.165, 1.54) is 18.4 Å². The third-order valence-corrected chi connectivity index (χ3v) is 2.86. The van der Waals surface area contributed by atoms with E-state index in [9.17, 15) is 0 Å². The minimum absolute atomic E-state index is 0.453. The third-order valence-electron chi connectivity index (χ3n) is 2.86. The highest BCUT2D eigenvalue weighted by molar-refractivity contribution is 5.51. The molecule has 15 heavy (non-hydrogen) atoms. The Hall–Kier alpha value is -1.18. The minimum atomic E-state index is 0.453. The van der Waals surface area contributed by atoms with Gasteiger partial charge in [-0.1, -0.05) is 13.8 Å². The van der Waals surface area contributed by atoms with E-state index >= 15 is 0 Å². The second-order valence-electron chi connectivity index (χ2n) is 4.70. The summed E-state index contributed by atoms with van der Waals surface area (Å²) in [5.74, 6) is 2.21. The van der Waals surface area contributed by atoms with Gasteiger partial charge in [-0.15, -0.1) is 0 Å². The van der Waals surface area contributed by atoms with E-state index in [0.717, 1.165) is 24.0 Å². The van der Waals surface area contributed by atoms with Gasteiger partial charge in [0, 0.05) is 5.69 Å². The van der Waals surface area contributed by atoms with E-state index in [1.54, 1.807) is 0 Å². The monoisotopic (exact) mass is 205 g/mol. The number of hydrogen-bond donors (Lipinski definition) is 1. The molecule has 0 radical (unpaired) electrons. The maximum atomic E-state index is 5.90. The first kappa shape index (κ1) is 10.3. The largest absolute Gasteiger partial charge is 0.493 e. The fraction of sp³-hybridized carbons (Fsp3) is 0.538. The molecule has 0 spiro atoms. The Bertz CT molecular complexity index is 342. The number of anilines is 1. The summed E-state index contributed by atoms with van der Waals surface area (Å²) < 4.78 is 5.72. The number of ether oxygens (including phenoxy) is 1. The van der Waals surface area contributed by atoms with Crippen LogP contribution in [0.2, 0.25) is 0 Å². The standard InChI is InChI=1S/C13H19NO/c1-9(2)12-7-11(5-6-13(12)14)15-8-10-3-4-10/h5-7,9-10H,3-4,8,14H2,1-2H3. The lowest BCUT2D eigenvalue weighted by Gasteiger charge is -2.12. The van der Waals surface area contributed by atoms with Gasteiger partial charge >= 0.3 is 0 Å². The van der Waals surface area contributed by atoms with Gasteiger partial charge in [0.25, 0.3) is 0 Å². The fourth-order valence-electron chi connectivity index (χ4n) is 1.64. The summed E-state index contributed by atoms with van der Waals surface area (Å²) in [6, 6.07) is 5.98. The van der Waals surface area contributed by atoms with E-state index in [2.05, 4.69) is 19.9 Å². The molecule has 0 saturated heterocycles. The average Bonchev–Trinajstić information content (AvgIpc) is 3.00. The van der Waals surface area contributed by atoms with Crippen molar-refractivity contribution in [1.29, 1.82) is 0 Å². The van der Waals surface area contributed by atoms with Crippen molar-refractivity contribution in [1.82, 2.24) is 0 Å². The molecule has 0 amide bonds. The van der Waals surface area contributed by atoms with Crippen molar-refractivity contribution >= 4 is 5.69 Å². The lowest BCUT2D eigenvalue weighted by atomic mass is 10.0. The third kappa shape index (κ3) is 2.65. The lowest BCUT2D eigenvalue weighted by Crippen LogP contribution is -2.01. The van der Waals surface area contributed by atoms with Crippen molar-refractivity contribution in [2.24, 2.45) is 5.92 Å². The predicted molar refractivity (Wildman–Crippen MR) is 63.2 cm³/mol. The quantitative estimate of drug-likeness (QED) is 0.766. The topological polar surface area (TPSA) is 35.2 Å². The Morgan fingerprint density at radius 2 is 2.13 bits per heavy atom. The molecule has 1 fully saturated rings. The number of benzene rings is 1. The highest BCUT2D eigenvalue weighted by atomic mass is 16.5. The predicted octanol–water partition coefficient (Wildman–Crippen LogP) is 3.18. The molecule has 2 heteroatoms. The lowest BCUT2D eigenvalue weighted by molar-refractivity contribution is 0.299. The SMILES string of the molecule is CC(C)c1cc(OCC2CC2)ccc1N. The normalized spacial score (nSPS) is 15.7. The Kier molecular flexibility index (Phi) is 2.85. The number of nitrogens with two attached hydrogens (primary N) is 1. The van der Waals surface area contributed by atoms with Crippen molar-refractivity contribution in [2.75, 3.05) is 12.3 Å². The van der Waals surface area contributed by atoms with Crippen LogP contribution in [0.25, 0.3) is 0 Å². The summed E-state index contributed by atoms with van der Waals surface area (Å²) >= 11 is 0. The van der Waals surface area contributed by atoms with Crippen LogP contribution in [0.4, 0.5) is 5.69 Å². The van der Waals surface area contributed by atoms with Gasteiger partial charge in [-0.2, -0.15) is 0 Å². The zero-order chi connectivity index (χ0) is 10.8. The molecule has 2 rings (SSSR count). The van der Waals surface area contributed by atoms with Gasteiger partial charge in [-0.05, 0) is 48.4 Å². The molecule has 82 valence electrons. The van der Waals surface area contributed by atoms with Crippen LogP contribution in [0.15, 0.2) is 18.2 Å². The van der Waals surface area contributed by atoms with Gasteiger partial charge in [0.05, 0.1) is 6.61 Å². The molecule has 1 aromatic rings. The summed E-state index contributed by atoms with van der Waals surface area (Å²) in [6.07, 6.45) is 2.65. The molecular formula is C13H19NO. The first-order valence-corrected chi connectivity index (χ1v) is 5.69. The Labute approximate surface area is 91.4 Å². The van der Waals surface area contributed by atoms with Crippen molar-refractivity contribution in [2.45, 2.75) is 32.6 Å². The van der Waals surface area contributed by atoms with E-state index in [0.29, 0.717) is 5.92 Å². The molecule has 0 atom stereocenters. The van der Waals surface area contributed by atoms with Gasteiger partial charge in [0.1, 0.15) is 5.75 Å². The summed E-state index contributed by atoms with van der Waals surface area (Å²) in [5.41, 5.74) is 7.95. The van der Waals surface area contributed by atoms with Crippen LogP contribution in [0.1, 0.15) is 38.2 Å². The molecule has 1 aromatic carbocycles. The van der Waals surface area contributed by atoms with Crippen LogP contribution in [0, 0.1) is 5.92 Å². The van der Waals surface area contributed by atoms with Crippen LogP contribution in [0.3, 0.4) is 0 Å². The van der Waals surface area contributed by atoms with Crippen molar-refractivity contribution in [3.05, 3.63) is 23.8 Å². The molecule has 2 nitrogen and oxygen atoms in total. The Morgan fingerprint density at radius 3 is 2.73 bits per heavy atom. The van der Waals surface area contributed by atoms with Crippen LogP contribution in [-0.2, 0) is 0 Å². The highest BCUT2D eigenvalue weighted by Gasteiger charge is 2.22. The summed E-state index contributed by atoms with van der Waals surface area (Å²) in [5, 5.41) is 0. The minimum Gasteiger partial charge on any atom is -0.493 e. The molecule has 0 heterocycles. The molecular weight excluding hydrogens is 186 g/mol. The van der Waals surface area contributed by atoms with Crippen LogP contribution in [0.5, 0.6) is 5.75 Å². The van der Waals surface area contributed by atoms with Gasteiger partial charge in [-0.3, -0.25) is 0 Å². The maximum Gasteiger partial charge on any atom is 0.119 e. The highest BCUT2D eigenvalue weighted by Crippen LogP contribution is 2.31. The van der Waals surface area contributed by atoms with Gasteiger partial charge < -0.3 is 10.5 Å². The van der Waals surface area contributed by atoms with Crippen molar-refractivity contribution in [3.63, 3.8) is 0 Å². The molecule has 1 aliphatic carbocycles. The number of nitrogen functional groups attached to an aromatic ring is 1. The Morgan fingerprint density at radius 1 is 1.40 bits per heavy atom. The van der Waals surface area contributed by atoms with E-state index < -0.39 is 0 Å². The van der Waals surface area contributed by atoms with E-state index in [1.807, 2.05) is 12.1 Å². The van der Waals surface area contributed by atoms with Crippen LogP contribution >= 0.6 is 0 Å². The van der Waals surface area contributed by atoms with Crippen molar-refractivity contribution < 1.29 is 4.74 Å². The maximum absolute atomic E-state index is 5.90. The molecule has 0 bridgehead atoms. The van der Waals surface area contributed by atoms with Crippen LogP contribution < -0.4 is 10.5 Å². The molecule has 1 saturated carbocycles. The Balaban J connectivity index is 2.06. The van der Waals surface area contributed by atoms with Gasteiger partial charge in [0.2, 0.25) is 0 Å². The molecule has 0 aliphatic heterocycles. The zero-order valence-electron chi connectivity index (χ0n) is 9.49. The fourth-order valence-corrected chi connectivity index (χ4v) is 1.64. The molecule has 0 unspecified atom stereocenters. The second kappa shape index (κ2) is 4.13. The molecule has 0 aromatic heterocycles. The van der Waals surface area contributed by atoms with Gasteiger partial charge in [0.15, 0.2) is 0 Å². The number of hydrogen-bond acceptors (Lipinski definition) is 2. The first-order chi connectivity index (χ1) is 7.16. The molecule has 2 N–H and O–H groups in total.